The number of aromatic nitrogens is 2. The number of aryl methyl sites for hydroxylation is 1. The second-order valence-electron chi connectivity index (χ2n) is 5.55. The number of nitrogens with zero attached hydrogens (tertiary/aromatic N) is 1. The lowest BCUT2D eigenvalue weighted by molar-refractivity contribution is 0.250. The monoisotopic (exact) mass is 236 g/mol. The molecule has 0 spiro atoms. The average molecular weight is 236 g/mol. The van der Waals surface area contributed by atoms with Crippen LogP contribution in [0.15, 0.2) is 12.5 Å². The number of hydrogen-bond donors (Lipinski definition) is 1. The Morgan fingerprint density at radius 3 is 2.59 bits per heavy atom. The zero-order valence-electron chi connectivity index (χ0n) is 11.8. The largest absolute Gasteiger partial charge is 0.348 e. The lowest BCUT2D eigenvalue weighted by Crippen LogP contribution is -2.16. The Kier molecular flexibility index (Phi) is 6.31. The van der Waals surface area contributed by atoms with E-state index in [0.29, 0.717) is 5.41 Å². The van der Waals surface area contributed by atoms with E-state index in [9.17, 15) is 0 Å². The minimum absolute atomic E-state index is 0.513. The van der Waals surface area contributed by atoms with Crippen molar-refractivity contribution in [1.82, 2.24) is 9.97 Å². The molecule has 1 aromatic rings. The van der Waals surface area contributed by atoms with Crippen LogP contribution in [0.5, 0.6) is 0 Å². The Bertz CT molecular complexity index is 279. The molecule has 0 fully saturated rings. The first-order chi connectivity index (χ1) is 8.20. The van der Waals surface area contributed by atoms with E-state index >= 15 is 0 Å². The van der Waals surface area contributed by atoms with Crippen molar-refractivity contribution in [2.45, 2.75) is 72.1 Å². The number of nitrogens with one attached hydrogen (secondary N) is 1. The fourth-order valence-corrected chi connectivity index (χ4v) is 2.31. The molecule has 1 rings (SSSR count). The van der Waals surface area contributed by atoms with Crippen molar-refractivity contribution in [2.24, 2.45) is 5.41 Å². The molecule has 0 bridgehead atoms. The molecule has 2 heteroatoms. The molecule has 0 radical (unpaired) electrons. The maximum atomic E-state index is 4.08. The van der Waals surface area contributed by atoms with Crippen LogP contribution in [0.1, 0.15) is 71.4 Å². The molecule has 1 unspecified atom stereocenters. The van der Waals surface area contributed by atoms with Gasteiger partial charge in [-0.05, 0) is 24.7 Å². The van der Waals surface area contributed by atoms with Gasteiger partial charge in [0, 0.05) is 11.9 Å². The molecule has 1 N–H and O–H groups in total. The normalized spacial score (nSPS) is 14.8. The lowest BCUT2D eigenvalue weighted by Gasteiger charge is -2.28. The number of unbranched alkanes of at least 4 members (excludes halogenated alkanes) is 3. The SMILES string of the molecule is CCCCCCC(C)(CC)CCc1cnc[nH]1. The number of aromatic amines is 1. The second kappa shape index (κ2) is 7.52. The topological polar surface area (TPSA) is 28.7 Å². The van der Waals surface area contributed by atoms with E-state index in [-0.39, 0.29) is 0 Å². The van der Waals surface area contributed by atoms with Crippen molar-refractivity contribution >= 4 is 0 Å². The van der Waals surface area contributed by atoms with Crippen LogP contribution in [-0.4, -0.2) is 9.97 Å². The third kappa shape index (κ3) is 5.38. The van der Waals surface area contributed by atoms with Gasteiger partial charge in [-0.15, -0.1) is 0 Å². The van der Waals surface area contributed by atoms with E-state index in [0.717, 1.165) is 6.42 Å². The van der Waals surface area contributed by atoms with Crippen LogP contribution in [0.4, 0.5) is 0 Å². The smallest absolute Gasteiger partial charge is 0.0921 e. The van der Waals surface area contributed by atoms with Crippen LogP contribution in [-0.2, 0) is 6.42 Å². The summed E-state index contributed by atoms with van der Waals surface area (Å²) in [7, 11) is 0. The zero-order valence-corrected chi connectivity index (χ0v) is 11.8. The number of hydrogen-bond acceptors (Lipinski definition) is 1. The van der Waals surface area contributed by atoms with Gasteiger partial charge in [-0.2, -0.15) is 0 Å². The average Bonchev–Trinajstić information content (AvgIpc) is 2.85. The summed E-state index contributed by atoms with van der Waals surface area (Å²) in [5.41, 5.74) is 1.79. The Morgan fingerprint density at radius 2 is 2.00 bits per heavy atom. The molecule has 0 saturated carbocycles. The minimum Gasteiger partial charge on any atom is -0.348 e. The highest BCUT2D eigenvalue weighted by Gasteiger charge is 2.21. The van der Waals surface area contributed by atoms with Crippen LogP contribution >= 0.6 is 0 Å². The highest BCUT2D eigenvalue weighted by molar-refractivity contribution is 4.95. The fraction of sp³-hybridized carbons (Fsp3) is 0.800. The van der Waals surface area contributed by atoms with Gasteiger partial charge in [-0.25, -0.2) is 4.98 Å². The third-order valence-electron chi connectivity index (χ3n) is 4.04. The standard InChI is InChI=1S/C15H28N2/c1-4-6-7-8-10-15(3,5-2)11-9-14-12-16-13-17-14/h12-13H,4-11H2,1-3H3,(H,16,17). The summed E-state index contributed by atoms with van der Waals surface area (Å²) < 4.78 is 0. The summed E-state index contributed by atoms with van der Waals surface area (Å²) in [5, 5.41) is 0. The third-order valence-corrected chi connectivity index (χ3v) is 4.04. The van der Waals surface area contributed by atoms with Gasteiger partial charge < -0.3 is 4.98 Å². The summed E-state index contributed by atoms with van der Waals surface area (Å²) in [6.07, 6.45) is 14.3. The van der Waals surface area contributed by atoms with Crippen LogP contribution in [0.2, 0.25) is 0 Å². The first-order valence-electron chi connectivity index (χ1n) is 7.17. The Hall–Kier alpha value is -0.790. The Labute approximate surface area is 106 Å². The number of rotatable bonds is 9. The van der Waals surface area contributed by atoms with Crippen molar-refractivity contribution < 1.29 is 0 Å². The van der Waals surface area contributed by atoms with Crippen molar-refractivity contribution in [3.8, 4) is 0 Å². The number of H-pyrrole nitrogens is 1. The maximum absolute atomic E-state index is 4.08. The molecule has 0 saturated heterocycles. The lowest BCUT2D eigenvalue weighted by atomic mass is 9.78. The molecule has 98 valence electrons. The summed E-state index contributed by atoms with van der Waals surface area (Å²) in [5.74, 6) is 0. The van der Waals surface area contributed by atoms with Gasteiger partial charge in [0.15, 0.2) is 0 Å². The van der Waals surface area contributed by atoms with Crippen molar-refractivity contribution in [3.63, 3.8) is 0 Å². The predicted octanol–water partition coefficient (Wildman–Crippen LogP) is 4.73. The van der Waals surface area contributed by atoms with Crippen LogP contribution < -0.4 is 0 Å². The van der Waals surface area contributed by atoms with E-state index in [2.05, 4.69) is 30.7 Å². The van der Waals surface area contributed by atoms with Crippen molar-refractivity contribution in [3.05, 3.63) is 18.2 Å². The maximum Gasteiger partial charge on any atom is 0.0921 e. The van der Waals surface area contributed by atoms with Crippen molar-refractivity contribution in [1.29, 1.82) is 0 Å². The van der Waals surface area contributed by atoms with Gasteiger partial charge in [-0.1, -0.05) is 52.9 Å². The molecular formula is C15H28N2. The molecule has 17 heavy (non-hydrogen) atoms. The minimum atomic E-state index is 0.513. The second-order valence-corrected chi connectivity index (χ2v) is 5.55. The Morgan fingerprint density at radius 1 is 1.18 bits per heavy atom. The van der Waals surface area contributed by atoms with Crippen LogP contribution in [0, 0.1) is 5.41 Å². The zero-order chi connectivity index (χ0) is 12.6. The van der Waals surface area contributed by atoms with Crippen LogP contribution in [0.25, 0.3) is 0 Å². The summed E-state index contributed by atoms with van der Waals surface area (Å²) >= 11 is 0. The molecular weight excluding hydrogens is 208 g/mol. The molecule has 0 aliphatic carbocycles. The van der Waals surface area contributed by atoms with Gasteiger partial charge in [0.2, 0.25) is 0 Å². The summed E-state index contributed by atoms with van der Waals surface area (Å²) in [6, 6.07) is 0. The molecule has 0 aliphatic rings. The fourth-order valence-electron chi connectivity index (χ4n) is 2.31. The Balaban J connectivity index is 2.29. The molecule has 0 aliphatic heterocycles. The van der Waals surface area contributed by atoms with Crippen LogP contribution in [0.3, 0.4) is 0 Å². The number of imidazole rings is 1. The molecule has 2 nitrogen and oxygen atoms in total. The van der Waals surface area contributed by atoms with E-state index < -0.39 is 0 Å². The van der Waals surface area contributed by atoms with Gasteiger partial charge in [0.05, 0.1) is 6.33 Å². The quantitative estimate of drug-likeness (QED) is 0.617. The molecule has 1 aromatic heterocycles. The first kappa shape index (κ1) is 14.3. The first-order valence-corrected chi connectivity index (χ1v) is 7.17. The highest BCUT2D eigenvalue weighted by Crippen LogP contribution is 2.33. The van der Waals surface area contributed by atoms with Gasteiger partial charge in [0.25, 0.3) is 0 Å². The molecule has 1 atom stereocenters. The predicted molar refractivity (Wildman–Crippen MR) is 74.1 cm³/mol. The summed E-state index contributed by atoms with van der Waals surface area (Å²) in [4.78, 5) is 7.28. The summed E-state index contributed by atoms with van der Waals surface area (Å²) in [6.45, 7) is 7.04. The van der Waals surface area contributed by atoms with E-state index in [1.54, 1.807) is 6.33 Å². The van der Waals surface area contributed by atoms with E-state index in [4.69, 9.17) is 0 Å². The van der Waals surface area contributed by atoms with E-state index in [1.807, 2.05) is 6.20 Å². The van der Waals surface area contributed by atoms with Gasteiger partial charge in [-0.3, -0.25) is 0 Å². The van der Waals surface area contributed by atoms with Crippen molar-refractivity contribution in [2.75, 3.05) is 0 Å². The van der Waals surface area contributed by atoms with Gasteiger partial charge >= 0.3 is 0 Å². The molecule has 1 heterocycles. The molecule has 0 amide bonds. The van der Waals surface area contributed by atoms with Gasteiger partial charge in [0.1, 0.15) is 0 Å². The highest BCUT2D eigenvalue weighted by atomic mass is 14.9. The van der Waals surface area contributed by atoms with E-state index in [1.165, 1.54) is 50.6 Å². The molecule has 0 aromatic carbocycles.